The number of rotatable bonds is 1. The van der Waals surface area contributed by atoms with Crippen LogP contribution in [-0.4, -0.2) is 9.97 Å². The van der Waals surface area contributed by atoms with E-state index >= 15 is 0 Å². The molecule has 2 heterocycles. The van der Waals surface area contributed by atoms with Crippen molar-refractivity contribution in [2.24, 2.45) is 0 Å². The molecule has 0 aliphatic carbocycles. The number of thiazole rings is 1. The predicted octanol–water partition coefficient (Wildman–Crippen LogP) is 2.81. The van der Waals surface area contributed by atoms with Crippen LogP contribution in [0.25, 0.3) is 0 Å². The third-order valence-corrected chi connectivity index (χ3v) is 3.23. The predicted molar refractivity (Wildman–Crippen MR) is 66.4 cm³/mol. The van der Waals surface area contributed by atoms with Gasteiger partial charge in [-0.2, -0.15) is 0 Å². The molecule has 0 N–H and O–H groups in total. The summed E-state index contributed by atoms with van der Waals surface area (Å²) in [6, 6.07) is 3.84. The van der Waals surface area contributed by atoms with Gasteiger partial charge in [0.15, 0.2) is 0 Å². The van der Waals surface area contributed by atoms with Crippen LogP contribution in [0.4, 0.5) is 0 Å². The fourth-order valence-corrected chi connectivity index (χ4v) is 2.21. The summed E-state index contributed by atoms with van der Waals surface area (Å²) in [4.78, 5) is 9.70. The highest BCUT2D eigenvalue weighted by Gasteiger charge is 2.03. The van der Waals surface area contributed by atoms with Gasteiger partial charge in [-0.25, -0.2) is 4.98 Å². The minimum atomic E-state index is 0.911. The number of hydrogen-bond donors (Lipinski definition) is 0. The highest BCUT2D eigenvalue weighted by atomic mass is 32.1. The van der Waals surface area contributed by atoms with E-state index in [0.29, 0.717) is 0 Å². The molecule has 0 spiro atoms. The third kappa shape index (κ3) is 2.47. The van der Waals surface area contributed by atoms with Gasteiger partial charge in [0.05, 0.1) is 5.01 Å². The lowest BCUT2D eigenvalue weighted by atomic mass is 10.2. The molecule has 0 aromatic carbocycles. The molecule has 0 saturated carbocycles. The van der Waals surface area contributed by atoms with E-state index in [9.17, 15) is 0 Å². The Kier molecular flexibility index (Phi) is 3.33. The third-order valence-electron chi connectivity index (χ3n) is 2.11. The van der Waals surface area contributed by atoms with Crippen molar-refractivity contribution in [2.75, 3.05) is 0 Å². The van der Waals surface area contributed by atoms with E-state index in [0.717, 1.165) is 22.7 Å². The molecule has 0 unspecified atom stereocenters. The van der Waals surface area contributed by atoms with Gasteiger partial charge in [0, 0.05) is 22.8 Å². The van der Waals surface area contributed by atoms with Crippen LogP contribution in [0.2, 0.25) is 0 Å². The normalized spacial score (nSPS) is 9.62. The van der Waals surface area contributed by atoms with E-state index in [1.54, 1.807) is 23.7 Å². The smallest absolute Gasteiger partial charge is 0.127 e. The molecule has 2 nitrogen and oxygen atoms in total. The summed E-state index contributed by atoms with van der Waals surface area (Å²) in [6.45, 7) is 4.14. The summed E-state index contributed by atoms with van der Waals surface area (Å²) in [5, 5.41) is 1.08. The highest BCUT2D eigenvalue weighted by Crippen LogP contribution is 2.17. The number of hydrogen-bond acceptors (Lipinski definition) is 3. The van der Waals surface area contributed by atoms with Crippen molar-refractivity contribution in [3.8, 4) is 11.8 Å². The van der Waals surface area contributed by atoms with E-state index in [1.165, 1.54) is 4.88 Å². The summed E-state index contributed by atoms with van der Waals surface area (Å²) in [7, 11) is 0. The molecule has 2 aromatic heterocycles. The molecule has 80 valence electrons. The second-order valence-electron chi connectivity index (χ2n) is 3.35. The number of aromatic nitrogens is 2. The Hall–Kier alpha value is -1.66. The van der Waals surface area contributed by atoms with Gasteiger partial charge < -0.3 is 0 Å². The first-order chi connectivity index (χ1) is 7.79. The lowest BCUT2D eigenvalue weighted by molar-refractivity contribution is 1.14. The molecule has 16 heavy (non-hydrogen) atoms. The Morgan fingerprint density at radius 3 is 2.94 bits per heavy atom. The van der Waals surface area contributed by atoms with Gasteiger partial charge in [-0.05, 0) is 31.4 Å². The standard InChI is InChI=1S/C13H12N2S/c1-3-13-12(15-10(2)16-13)7-6-11-5-4-8-14-9-11/h4-5,8-9H,3H2,1-2H3. The van der Waals surface area contributed by atoms with Gasteiger partial charge in [0.2, 0.25) is 0 Å². The van der Waals surface area contributed by atoms with Crippen molar-refractivity contribution in [3.63, 3.8) is 0 Å². The van der Waals surface area contributed by atoms with Crippen LogP contribution in [0.1, 0.15) is 28.1 Å². The van der Waals surface area contributed by atoms with Gasteiger partial charge in [0.25, 0.3) is 0 Å². The zero-order chi connectivity index (χ0) is 11.4. The molecular weight excluding hydrogens is 216 g/mol. The van der Waals surface area contributed by atoms with Crippen LogP contribution in [0, 0.1) is 18.8 Å². The minimum absolute atomic E-state index is 0.911. The molecule has 2 rings (SSSR count). The number of aryl methyl sites for hydroxylation is 2. The summed E-state index contributed by atoms with van der Waals surface area (Å²) in [5.74, 6) is 6.19. The van der Waals surface area contributed by atoms with E-state index in [1.807, 2.05) is 19.1 Å². The van der Waals surface area contributed by atoms with E-state index < -0.39 is 0 Å². The van der Waals surface area contributed by atoms with E-state index in [2.05, 4.69) is 28.7 Å². The summed E-state index contributed by atoms with van der Waals surface area (Å²) in [6.07, 6.45) is 4.50. The lowest BCUT2D eigenvalue weighted by Gasteiger charge is -1.88. The molecule has 0 fully saturated rings. The second kappa shape index (κ2) is 4.91. The molecule has 0 atom stereocenters. The van der Waals surface area contributed by atoms with Crippen molar-refractivity contribution in [2.45, 2.75) is 20.3 Å². The Balaban J connectivity index is 2.30. The molecular formula is C13H12N2S. The van der Waals surface area contributed by atoms with Crippen LogP contribution in [0.15, 0.2) is 24.5 Å². The second-order valence-corrected chi connectivity index (χ2v) is 4.64. The van der Waals surface area contributed by atoms with Gasteiger partial charge in [-0.3, -0.25) is 4.98 Å². The first kappa shape index (κ1) is 10.8. The van der Waals surface area contributed by atoms with Gasteiger partial charge in [-0.1, -0.05) is 12.8 Å². The molecule has 0 saturated heterocycles. The Morgan fingerprint density at radius 1 is 1.38 bits per heavy atom. The van der Waals surface area contributed by atoms with Crippen LogP contribution >= 0.6 is 11.3 Å². The average Bonchev–Trinajstić information content (AvgIpc) is 2.68. The molecule has 0 aliphatic rings. The first-order valence-corrected chi connectivity index (χ1v) is 5.99. The molecule has 3 heteroatoms. The van der Waals surface area contributed by atoms with Crippen molar-refractivity contribution >= 4 is 11.3 Å². The summed E-state index contributed by atoms with van der Waals surface area (Å²) >= 11 is 1.72. The maximum atomic E-state index is 4.42. The lowest BCUT2D eigenvalue weighted by Crippen LogP contribution is -1.82. The zero-order valence-electron chi connectivity index (χ0n) is 9.32. The maximum Gasteiger partial charge on any atom is 0.127 e. The number of nitrogens with zero attached hydrogens (tertiary/aromatic N) is 2. The summed E-state index contributed by atoms with van der Waals surface area (Å²) < 4.78 is 0. The molecule has 0 aliphatic heterocycles. The topological polar surface area (TPSA) is 25.8 Å². The maximum absolute atomic E-state index is 4.42. The van der Waals surface area contributed by atoms with Crippen molar-refractivity contribution in [1.82, 2.24) is 9.97 Å². The fourth-order valence-electron chi connectivity index (χ4n) is 1.37. The SMILES string of the molecule is CCc1sc(C)nc1C#Cc1cccnc1. The quantitative estimate of drug-likeness (QED) is 0.701. The van der Waals surface area contributed by atoms with Crippen LogP contribution in [-0.2, 0) is 6.42 Å². The fraction of sp³-hybridized carbons (Fsp3) is 0.231. The largest absolute Gasteiger partial charge is 0.263 e. The molecule has 0 bridgehead atoms. The average molecular weight is 228 g/mol. The first-order valence-electron chi connectivity index (χ1n) is 5.18. The number of pyridine rings is 1. The molecule has 0 amide bonds. The Labute approximate surface area is 99.4 Å². The highest BCUT2D eigenvalue weighted by molar-refractivity contribution is 7.11. The van der Waals surface area contributed by atoms with Gasteiger partial charge in [0.1, 0.15) is 5.69 Å². The van der Waals surface area contributed by atoms with E-state index in [4.69, 9.17) is 0 Å². The van der Waals surface area contributed by atoms with Crippen molar-refractivity contribution < 1.29 is 0 Å². The van der Waals surface area contributed by atoms with Crippen molar-refractivity contribution in [3.05, 3.63) is 45.7 Å². The van der Waals surface area contributed by atoms with Crippen LogP contribution in [0.3, 0.4) is 0 Å². The minimum Gasteiger partial charge on any atom is -0.263 e. The Morgan fingerprint density at radius 2 is 2.25 bits per heavy atom. The Bertz CT molecular complexity index is 532. The molecule has 2 aromatic rings. The molecule has 0 radical (unpaired) electrons. The van der Waals surface area contributed by atoms with Crippen LogP contribution in [0.5, 0.6) is 0 Å². The van der Waals surface area contributed by atoms with Gasteiger partial charge >= 0.3 is 0 Å². The van der Waals surface area contributed by atoms with Crippen LogP contribution < -0.4 is 0 Å². The van der Waals surface area contributed by atoms with Gasteiger partial charge in [-0.15, -0.1) is 11.3 Å². The van der Waals surface area contributed by atoms with Crippen molar-refractivity contribution in [1.29, 1.82) is 0 Å². The monoisotopic (exact) mass is 228 g/mol. The zero-order valence-corrected chi connectivity index (χ0v) is 10.1. The summed E-state index contributed by atoms with van der Waals surface area (Å²) in [5.41, 5.74) is 1.84. The van der Waals surface area contributed by atoms with E-state index in [-0.39, 0.29) is 0 Å².